The number of hydrogen-bond acceptors (Lipinski definition) is 2. The monoisotopic (exact) mass is 224 g/mol. The summed E-state index contributed by atoms with van der Waals surface area (Å²) >= 11 is 0. The first-order valence-electron chi connectivity index (χ1n) is 7.20. The van der Waals surface area contributed by atoms with Crippen molar-refractivity contribution in [3.8, 4) is 0 Å². The molecule has 1 aliphatic heterocycles. The fraction of sp³-hybridized carbons (Fsp3) is 1.00. The minimum atomic E-state index is 0.820. The first-order chi connectivity index (χ1) is 7.75. The summed E-state index contributed by atoms with van der Waals surface area (Å²) in [5.74, 6) is 1.79. The van der Waals surface area contributed by atoms with Gasteiger partial charge in [0.2, 0.25) is 0 Å². The van der Waals surface area contributed by atoms with Crippen LogP contribution in [0.25, 0.3) is 0 Å². The first kappa shape index (κ1) is 12.4. The average molecular weight is 224 g/mol. The molecule has 1 saturated heterocycles. The van der Waals surface area contributed by atoms with E-state index in [0.717, 1.165) is 17.9 Å². The van der Waals surface area contributed by atoms with E-state index in [9.17, 15) is 0 Å². The molecule has 0 aromatic rings. The van der Waals surface area contributed by atoms with Crippen LogP contribution >= 0.6 is 0 Å². The average Bonchev–Trinajstić information content (AvgIpc) is 2.65. The molecule has 0 unspecified atom stereocenters. The highest BCUT2D eigenvalue weighted by Gasteiger charge is 2.24. The third kappa shape index (κ3) is 3.46. The van der Waals surface area contributed by atoms with Gasteiger partial charge in [0.1, 0.15) is 0 Å². The second-order valence-corrected chi connectivity index (χ2v) is 6.14. The highest BCUT2D eigenvalue weighted by atomic mass is 15.2. The molecule has 1 heterocycles. The van der Waals surface area contributed by atoms with Gasteiger partial charge in [-0.05, 0) is 50.7 Å². The highest BCUT2D eigenvalue weighted by molar-refractivity contribution is 4.81. The topological polar surface area (TPSA) is 15.3 Å². The molecule has 0 aromatic heterocycles. The third-order valence-electron chi connectivity index (χ3n) is 4.13. The van der Waals surface area contributed by atoms with E-state index < -0.39 is 0 Å². The van der Waals surface area contributed by atoms with Gasteiger partial charge in [0.25, 0.3) is 0 Å². The fourth-order valence-corrected chi connectivity index (χ4v) is 3.06. The van der Waals surface area contributed by atoms with Gasteiger partial charge in [0, 0.05) is 12.6 Å². The molecule has 1 aliphatic carbocycles. The molecule has 1 N–H and O–H groups in total. The predicted molar refractivity (Wildman–Crippen MR) is 69.6 cm³/mol. The molecule has 1 saturated carbocycles. The molecule has 0 atom stereocenters. The van der Waals surface area contributed by atoms with Crippen LogP contribution in [0, 0.1) is 11.8 Å². The van der Waals surface area contributed by atoms with Crippen molar-refractivity contribution in [3.63, 3.8) is 0 Å². The summed E-state index contributed by atoms with van der Waals surface area (Å²) in [5, 5.41) is 3.38. The quantitative estimate of drug-likeness (QED) is 0.746. The van der Waals surface area contributed by atoms with Crippen LogP contribution < -0.4 is 5.32 Å². The van der Waals surface area contributed by atoms with Gasteiger partial charge in [0.05, 0.1) is 0 Å². The highest BCUT2D eigenvalue weighted by Crippen LogP contribution is 2.25. The van der Waals surface area contributed by atoms with Crippen LogP contribution in [0.2, 0.25) is 0 Å². The minimum Gasteiger partial charge on any atom is -0.316 e. The van der Waals surface area contributed by atoms with Crippen LogP contribution in [-0.4, -0.2) is 37.1 Å². The van der Waals surface area contributed by atoms with Crippen molar-refractivity contribution in [2.45, 2.75) is 52.0 Å². The maximum atomic E-state index is 3.38. The Morgan fingerprint density at radius 1 is 1.19 bits per heavy atom. The number of nitrogens with one attached hydrogen (secondary N) is 1. The lowest BCUT2D eigenvalue weighted by molar-refractivity contribution is 0.156. The van der Waals surface area contributed by atoms with E-state index in [1.54, 1.807) is 0 Å². The molecule has 2 fully saturated rings. The van der Waals surface area contributed by atoms with Crippen LogP contribution in [0.5, 0.6) is 0 Å². The Bertz CT molecular complexity index is 193. The Kier molecular flexibility index (Phi) is 4.66. The van der Waals surface area contributed by atoms with Crippen molar-refractivity contribution < 1.29 is 0 Å². The molecule has 2 heteroatoms. The van der Waals surface area contributed by atoms with Crippen molar-refractivity contribution in [2.24, 2.45) is 11.8 Å². The van der Waals surface area contributed by atoms with Crippen LogP contribution in [0.4, 0.5) is 0 Å². The molecule has 94 valence electrons. The second kappa shape index (κ2) is 6.02. The standard InChI is InChI=1S/C14H28N2/c1-12(2)11-16(14-5-3-4-6-14)8-7-13-9-15-10-13/h12-15H,3-11H2,1-2H3. The molecule has 16 heavy (non-hydrogen) atoms. The van der Waals surface area contributed by atoms with Crippen molar-refractivity contribution in [1.82, 2.24) is 10.2 Å². The minimum absolute atomic E-state index is 0.820. The van der Waals surface area contributed by atoms with Crippen LogP contribution in [-0.2, 0) is 0 Å². The zero-order valence-corrected chi connectivity index (χ0v) is 11.0. The van der Waals surface area contributed by atoms with Crippen LogP contribution in [0.1, 0.15) is 46.0 Å². The van der Waals surface area contributed by atoms with E-state index in [4.69, 9.17) is 0 Å². The number of rotatable bonds is 6. The summed E-state index contributed by atoms with van der Waals surface area (Å²) in [4.78, 5) is 2.79. The van der Waals surface area contributed by atoms with E-state index in [0.29, 0.717) is 0 Å². The Morgan fingerprint density at radius 2 is 1.88 bits per heavy atom. The summed E-state index contributed by atoms with van der Waals surface area (Å²) in [6.45, 7) is 9.89. The Morgan fingerprint density at radius 3 is 2.38 bits per heavy atom. The van der Waals surface area contributed by atoms with E-state index in [1.165, 1.54) is 58.3 Å². The van der Waals surface area contributed by atoms with Gasteiger partial charge in [-0.15, -0.1) is 0 Å². The van der Waals surface area contributed by atoms with Crippen molar-refractivity contribution in [2.75, 3.05) is 26.2 Å². The first-order valence-corrected chi connectivity index (χ1v) is 7.20. The van der Waals surface area contributed by atoms with Gasteiger partial charge in [-0.1, -0.05) is 26.7 Å². The normalized spacial score (nSPS) is 23.2. The summed E-state index contributed by atoms with van der Waals surface area (Å²) < 4.78 is 0. The Balaban J connectivity index is 1.75. The third-order valence-corrected chi connectivity index (χ3v) is 4.13. The van der Waals surface area contributed by atoms with Crippen LogP contribution in [0.3, 0.4) is 0 Å². The van der Waals surface area contributed by atoms with Gasteiger partial charge in [-0.3, -0.25) is 0 Å². The molecule has 0 spiro atoms. The molecular weight excluding hydrogens is 196 g/mol. The SMILES string of the molecule is CC(C)CN(CCC1CNC1)C1CCCC1. The predicted octanol–water partition coefficient (Wildman–Crippen LogP) is 2.50. The van der Waals surface area contributed by atoms with Gasteiger partial charge in [-0.2, -0.15) is 0 Å². The maximum Gasteiger partial charge on any atom is 0.00953 e. The van der Waals surface area contributed by atoms with Crippen molar-refractivity contribution >= 4 is 0 Å². The molecular formula is C14H28N2. The van der Waals surface area contributed by atoms with E-state index >= 15 is 0 Å². The summed E-state index contributed by atoms with van der Waals surface area (Å²) in [7, 11) is 0. The Labute approximate surface area is 101 Å². The molecule has 2 rings (SSSR count). The second-order valence-electron chi connectivity index (χ2n) is 6.14. The largest absolute Gasteiger partial charge is 0.316 e. The summed E-state index contributed by atoms with van der Waals surface area (Å²) in [5.41, 5.74) is 0. The smallest absolute Gasteiger partial charge is 0.00953 e. The summed E-state index contributed by atoms with van der Waals surface area (Å²) in [6, 6.07) is 0.912. The van der Waals surface area contributed by atoms with Crippen molar-refractivity contribution in [3.05, 3.63) is 0 Å². The maximum absolute atomic E-state index is 3.38. The molecule has 0 aromatic carbocycles. The molecule has 2 nitrogen and oxygen atoms in total. The zero-order valence-electron chi connectivity index (χ0n) is 11.0. The molecule has 2 aliphatic rings. The van der Waals surface area contributed by atoms with Crippen LogP contribution in [0.15, 0.2) is 0 Å². The van der Waals surface area contributed by atoms with Gasteiger partial charge < -0.3 is 10.2 Å². The zero-order chi connectivity index (χ0) is 11.4. The molecule has 0 bridgehead atoms. The Hall–Kier alpha value is -0.0800. The van der Waals surface area contributed by atoms with E-state index in [-0.39, 0.29) is 0 Å². The molecule has 0 amide bonds. The molecule has 0 radical (unpaired) electrons. The lowest BCUT2D eigenvalue weighted by Gasteiger charge is -2.34. The van der Waals surface area contributed by atoms with E-state index in [1.807, 2.05) is 0 Å². The number of nitrogens with zero attached hydrogens (tertiary/aromatic N) is 1. The summed E-state index contributed by atoms with van der Waals surface area (Å²) in [6.07, 6.45) is 7.25. The van der Waals surface area contributed by atoms with Gasteiger partial charge in [-0.25, -0.2) is 0 Å². The van der Waals surface area contributed by atoms with Gasteiger partial charge >= 0.3 is 0 Å². The van der Waals surface area contributed by atoms with E-state index in [2.05, 4.69) is 24.1 Å². The van der Waals surface area contributed by atoms with Crippen molar-refractivity contribution in [1.29, 1.82) is 0 Å². The lowest BCUT2D eigenvalue weighted by atomic mass is 9.98. The lowest BCUT2D eigenvalue weighted by Crippen LogP contribution is -2.45. The fourth-order valence-electron chi connectivity index (χ4n) is 3.06. The van der Waals surface area contributed by atoms with Gasteiger partial charge in [0.15, 0.2) is 0 Å². The number of hydrogen-bond donors (Lipinski definition) is 1.